The summed E-state index contributed by atoms with van der Waals surface area (Å²) < 4.78 is 14.8. The van der Waals surface area contributed by atoms with Gasteiger partial charge >= 0.3 is 0 Å². The van der Waals surface area contributed by atoms with Crippen molar-refractivity contribution in [3.05, 3.63) is 106 Å². The van der Waals surface area contributed by atoms with Crippen LogP contribution in [0.25, 0.3) is 28.2 Å². The van der Waals surface area contributed by atoms with Crippen LogP contribution < -0.4 is 21.3 Å². The first-order chi connectivity index (χ1) is 21.3. The van der Waals surface area contributed by atoms with Crippen molar-refractivity contribution in [2.45, 2.75) is 32.8 Å². The number of nitrogens with two attached hydrogens (primary N) is 1. The number of aryl methyl sites for hydroxylation is 1. The van der Waals surface area contributed by atoms with Gasteiger partial charge in [-0.1, -0.05) is 36.4 Å². The predicted molar refractivity (Wildman–Crippen MR) is 170 cm³/mol. The zero-order valence-electron chi connectivity index (χ0n) is 24.9. The smallest absolute Gasteiger partial charge is 0.284 e. The lowest BCUT2D eigenvalue weighted by Crippen LogP contribution is -2.25. The van der Waals surface area contributed by atoms with Crippen molar-refractivity contribution in [1.29, 1.82) is 0 Å². The molecule has 1 aliphatic heterocycles. The van der Waals surface area contributed by atoms with Crippen LogP contribution in [0.2, 0.25) is 0 Å². The highest BCUT2D eigenvalue weighted by molar-refractivity contribution is 6.05. The summed E-state index contributed by atoms with van der Waals surface area (Å²) in [5.41, 5.74) is 11.5. The largest absolute Gasteiger partial charge is 0.490 e. The van der Waals surface area contributed by atoms with E-state index in [1.54, 1.807) is 30.9 Å². The molecule has 0 spiro atoms. The van der Waals surface area contributed by atoms with Gasteiger partial charge in [0.15, 0.2) is 0 Å². The minimum absolute atomic E-state index is 0.0870. The summed E-state index contributed by atoms with van der Waals surface area (Å²) in [5.74, 6) is 0.591. The second kappa shape index (κ2) is 12.2. The van der Waals surface area contributed by atoms with E-state index < -0.39 is 5.91 Å². The van der Waals surface area contributed by atoms with Crippen LogP contribution in [-0.2, 0) is 11.8 Å². The van der Waals surface area contributed by atoms with E-state index in [4.69, 9.17) is 20.2 Å². The third-order valence-electron chi connectivity index (χ3n) is 7.92. The molecule has 1 fully saturated rings. The summed E-state index contributed by atoms with van der Waals surface area (Å²) in [6.45, 7) is 5.08. The summed E-state index contributed by atoms with van der Waals surface area (Å²) in [6.07, 6.45) is 3.51. The van der Waals surface area contributed by atoms with Gasteiger partial charge in [0.2, 0.25) is 0 Å². The van der Waals surface area contributed by atoms with Crippen LogP contribution in [0, 0.1) is 13.8 Å². The highest BCUT2D eigenvalue weighted by atomic mass is 16.5. The topological polar surface area (TPSA) is 126 Å². The number of amides is 1. The number of anilines is 2. The third-order valence-corrected chi connectivity index (χ3v) is 7.92. The van der Waals surface area contributed by atoms with Gasteiger partial charge < -0.3 is 20.5 Å². The highest BCUT2D eigenvalue weighted by Crippen LogP contribution is 2.31. The molecule has 6 rings (SSSR count). The van der Waals surface area contributed by atoms with Gasteiger partial charge in [0.05, 0.1) is 36.5 Å². The molecule has 0 saturated carbocycles. The summed E-state index contributed by atoms with van der Waals surface area (Å²) in [7, 11) is 1.76. The minimum Gasteiger partial charge on any atom is -0.490 e. The van der Waals surface area contributed by atoms with E-state index in [1.165, 1.54) is 4.68 Å². The van der Waals surface area contributed by atoms with Crippen molar-refractivity contribution in [1.82, 2.24) is 19.3 Å². The predicted octanol–water partition coefficient (Wildman–Crippen LogP) is 5.31. The molecular formula is C34H34N6O4. The lowest BCUT2D eigenvalue weighted by molar-refractivity contribution is 0.0256. The quantitative estimate of drug-likeness (QED) is 0.263. The molecule has 5 aromatic rings. The Morgan fingerprint density at radius 3 is 2.55 bits per heavy atom. The number of ether oxygens (including phenoxy) is 2. The molecule has 3 heterocycles. The van der Waals surface area contributed by atoms with Gasteiger partial charge in [0.25, 0.3) is 11.5 Å². The molecule has 0 atom stereocenters. The number of carbonyl (C=O) groups excluding carboxylic acids is 1. The van der Waals surface area contributed by atoms with Gasteiger partial charge in [-0.2, -0.15) is 0 Å². The van der Waals surface area contributed by atoms with Crippen LogP contribution in [-0.4, -0.2) is 44.6 Å². The zero-order chi connectivity index (χ0) is 30.8. The van der Waals surface area contributed by atoms with E-state index >= 15 is 0 Å². The van der Waals surface area contributed by atoms with Gasteiger partial charge in [0, 0.05) is 36.7 Å². The summed E-state index contributed by atoms with van der Waals surface area (Å²) in [5, 5.41) is 2.89. The van der Waals surface area contributed by atoms with Crippen molar-refractivity contribution in [2.75, 3.05) is 24.3 Å². The van der Waals surface area contributed by atoms with Crippen LogP contribution >= 0.6 is 0 Å². The molecule has 0 radical (unpaired) electrons. The molecule has 1 saturated heterocycles. The normalized spacial score (nSPS) is 13.5. The standard InChI is InChI=1S/C34H34N6O4/c1-21-18-24(37-33(41)30-22(2)39(3)40(34(30)42)25-9-5-4-6-10-25)12-13-28(21)31-32(35)36-20-29(38-31)23-8-7-11-27(19-23)44-26-14-16-43-17-15-26/h4-13,18-20,26H,14-17H2,1-3H3,(H2,35,36)(H,37,41). The molecule has 0 unspecified atom stereocenters. The number of aromatic nitrogens is 4. The van der Waals surface area contributed by atoms with E-state index in [0.717, 1.165) is 35.3 Å². The molecule has 3 N–H and O–H groups in total. The second-order valence-corrected chi connectivity index (χ2v) is 10.9. The van der Waals surface area contributed by atoms with Gasteiger partial charge in [-0.25, -0.2) is 14.6 Å². The molecule has 2 aromatic heterocycles. The molecular weight excluding hydrogens is 556 g/mol. The number of hydrogen-bond acceptors (Lipinski definition) is 7. The van der Waals surface area contributed by atoms with Gasteiger partial charge in [0.1, 0.15) is 28.9 Å². The van der Waals surface area contributed by atoms with Crippen LogP contribution in [0.4, 0.5) is 11.5 Å². The fraction of sp³-hybridized carbons (Fsp3) is 0.235. The molecule has 1 amide bonds. The van der Waals surface area contributed by atoms with Crippen molar-refractivity contribution < 1.29 is 14.3 Å². The lowest BCUT2D eigenvalue weighted by atomic mass is 10.0. The summed E-state index contributed by atoms with van der Waals surface area (Å²) in [4.78, 5) is 35.9. The molecule has 0 bridgehead atoms. The van der Waals surface area contributed by atoms with Gasteiger partial charge in [-0.15, -0.1) is 0 Å². The molecule has 1 aliphatic rings. The Morgan fingerprint density at radius 2 is 1.80 bits per heavy atom. The van der Waals surface area contributed by atoms with E-state index in [1.807, 2.05) is 73.7 Å². The van der Waals surface area contributed by atoms with E-state index in [0.29, 0.717) is 47.5 Å². The van der Waals surface area contributed by atoms with E-state index in [9.17, 15) is 9.59 Å². The molecule has 10 heteroatoms. The first-order valence-electron chi connectivity index (χ1n) is 14.5. The van der Waals surface area contributed by atoms with Crippen molar-refractivity contribution in [3.63, 3.8) is 0 Å². The molecule has 224 valence electrons. The molecule has 44 heavy (non-hydrogen) atoms. The Labute approximate surface area is 255 Å². The average Bonchev–Trinajstić information content (AvgIpc) is 3.25. The Balaban J connectivity index is 1.24. The number of carbonyl (C=O) groups is 1. The Morgan fingerprint density at radius 1 is 1.02 bits per heavy atom. The number of hydrogen-bond donors (Lipinski definition) is 2. The minimum atomic E-state index is -0.478. The van der Waals surface area contributed by atoms with Crippen molar-refractivity contribution >= 4 is 17.4 Å². The first-order valence-corrected chi connectivity index (χ1v) is 14.5. The monoisotopic (exact) mass is 590 g/mol. The van der Waals surface area contributed by atoms with E-state index in [2.05, 4.69) is 10.3 Å². The van der Waals surface area contributed by atoms with Crippen LogP contribution in [0.5, 0.6) is 5.75 Å². The van der Waals surface area contributed by atoms with E-state index in [-0.39, 0.29) is 17.2 Å². The fourth-order valence-corrected chi connectivity index (χ4v) is 5.48. The SMILES string of the molecule is Cc1cc(NC(=O)c2c(C)n(C)n(-c3ccccc3)c2=O)ccc1-c1nc(-c2cccc(OC3CCOCC3)c2)cnc1N. The maximum absolute atomic E-state index is 13.3. The van der Waals surface area contributed by atoms with Crippen molar-refractivity contribution in [3.8, 4) is 34.0 Å². The maximum Gasteiger partial charge on any atom is 0.284 e. The number of nitrogens with zero attached hydrogens (tertiary/aromatic N) is 4. The highest BCUT2D eigenvalue weighted by Gasteiger charge is 2.23. The van der Waals surface area contributed by atoms with Crippen LogP contribution in [0.15, 0.2) is 83.8 Å². The molecule has 3 aromatic carbocycles. The van der Waals surface area contributed by atoms with Crippen molar-refractivity contribution in [2.24, 2.45) is 7.05 Å². The summed E-state index contributed by atoms with van der Waals surface area (Å²) in [6, 6.07) is 22.5. The molecule has 0 aliphatic carbocycles. The van der Waals surface area contributed by atoms with Gasteiger partial charge in [-0.3, -0.25) is 14.3 Å². The zero-order valence-corrected chi connectivity index (χ0v) is 24.9. The Hall–Kier alpha value is -5.22. The Bertz CT molecular complexity index is 1890. The lowest BCUT2D eigenvalue weighted by Gasteiger charge is -2.23. The summed E-state index contributed by atoms with van der Waals surface area (Å²) >= 11 is 0. The number of benzene rings is 3. The first kappa shape index (κ1) is 28.9. The Kier molecular flexibility index (Phi) is 7.99. The van der Waals surface area contributed by atoms with Crippen LogP contribution in [0.1, 0.15) is 34.5 Å². The van der Waals surface area contributed by atoms with Crippen LogP contribution in [0.3, 0.4) is 0 Å². The number of nitrogens with one attached hydrogen (secondary N) is 1. The number of para-hydroxylation sites is 1. The second-order valence-electron chi connectivity index (χ2n) is 10.9. The van der Waals surface area contributed by atoms with Gasteiger partial charge in [-0.05, 0) is 55.8 Å². The molecule has 10 nitrogen and oxygen atoms in total. The fourth-order valence-electron chi connectivity index (χ4n) is 5.48. The average molecular weight is 591 g/mol. The third kappa shape index (κ3) is 5.71. The maximum atomic E-state index is 13.3. The number of nitrogen functional groups attached to an aromatic ring is 1. The number of rotatable bonds is 7.